The summed E-state index contributed by atoms with van der Waals surface area (Å²) in [6.45, 7) is 0.229. The molecule has 0 aliphatic heterocycles. The Labute approximate surface area is 158 Å². The fraction of sp³-hybridized carbons (Fsp3) is 0.400. The first-order valence-corrected chi connectivity index (χ1v) is 9.18. The van der Waals surface area contributed by atoms with Crippen LogP contribution in [0.25, 0.3) is 0 Å². The molecule has 1 aromatic heterocycles. The largest absolute Gasteiger partial charge is 0.495 e. The van der Waals surface area contributed by atoms with E-state index < -0.39 is 0 Å². The number of nitrogens with two attached hydrogens (primary N) is 1. The van der Waals surface area contributed by atoms with Gasteiger partial charge < -0.3 is 25.5 Å². The van der Waals surface area contributed by atoms with Crippen molar-refractivity contribution in [1.82, 2.24) is 0 Å². The number of ether oxygens (including phenoxy) is 1. The summed E-state index contributed by atoms with van der Waals surface area (Å²) in [4.78, 5) is 24.9. The van der Waals surface area contributed by atoms with Crippen LogP contribution in [0.5, 0.6) is 5.75 Å². The third kappa shape index (κ3) is 4.68. The van der Waals surface area contributed by atoms with Crippen molar-refractivity contribution < 1.29 is 18.7 Å². The molecule has 0 saturated heterocycles. The van der Waals surface area contributed by atoms with Crippen molar-refractivity contribution in [3.05, 3.63) is 41.9 Å². The highest BCUT2D eigenvalue weighted by atomic mass is 16.5. The van der Waals surface area contributed by atoms with Gasteiger partial charge in [-0.2, -0.15) is 0 Å². The SMILES string of the molecule is COc1ccc(NC(=O)c2coc(CN)c2)cc1NC(=O)C1CCCCC1. The number of hydrogen-bond acceptors (Lipinski definition) is 5. The van der Waals surface area contributed by atoms with Crippen molar-refractivity contribution >= 4 is 23.2 Å². The van der Waals surface area contributed by atoms with Gasteiger partial charge in [-0.15, -0.1) is 0 Å². The van der Waals surface area contributed by atoms with Gasteiger partial charge in [-0.1, -0.05) is 19.3 Å². The summed E-state index contributed by atoms with van der Waals surface area (Å²) in [5, 5.41) is 5.74. The third-order valence-electron chi connectivity index (χ3n) is 4.81. The second-order valence-electron chi connectivity index (χ2n) is 6.70. The maximum absolute atomic E-state index is 12.5. The molecule has 2 amide bonds. The Bertz CT molecular complexity index is 809. The minimum Gasteiger partial charge on any atom is -0.495 e. The van der Waals surface area contributed by atoms with E-state index in [1.165, 1.54) is 12.7 Å². The second kappa shape index (κ2) is 8.73. The van der Waals surface area contributed by atoms with Crippen LogP contribution >= 0.6 is 0 Å². The number of rotatable bonds is 6. The van der Waals surface area contributed by atoms with Crippen LogP contribution in [0.15, 0.2) is 34.9 Å². The zero-order chi connectivity index (χ0) is 19.2. The van der Waals surface area contributed by atoms with E-state index in [-0.39, 0.29) is 24.3 Å². The molecule has 4 N–H and O–H groups in total. The first kappa shape index (κ1) is 19.0. The Hall–Kier alpha value is -2.80. The van der Waals surface area contributed by atoms with Crippen LogP contribution < -0.4 is 21.1 Å². The van der Waals surface area contributed by atoms with Crippen LogP contribution in [0.1, 0.15) is 48.2 Å². The molecule has 1 aliphatic rings. The number of carbonyl (C=O) groups excluding carboxylic acids is 2. The lowest BCUT2D eigenvalue weighted by atomic mass is 9.88. The molecular weight excluding hydrogens is 346 g/mol. The molecule has 2 aromatic rings. The summed E-state index contributed by atoms with van der Waals surface area (Å²) >= 11 is 0. The lowest BCUT2D eigenvalue weighted by Gasteiger charge is -2.21. The van der Waals surface area contributed by atoms with Crippen molar-refractivity contribution in [2.24, 2.45) is 11.7 Å². The number of furan rings is 1. The molecule has 3 rings (SSSR count). The van der Waals surface area contributed by atoms with Crippen molar-refractivity contribution in [2.45, 2.75) is 38.6 Å². The highest BCUT2D eigenvalue weighted by Gasteiger charge is 2.22. The molecule has 1 aliphatic carbocycles. The number of amides is 2. The van der Waals surface area contributed by atoms with E-state index in [4.69, 9.17) is 14.9 Å². The van der Waals surface area contributed by atoms with Crippen molar-refractivity contribution in [3.8, 4) is 5.75 Å². The second-order valence-corrected chi connectivity index (χ2v) is 6.70. The summed E-state index contributed by atoms with van der Waals surface area (Å²) in [5.74, 6) is 0.801. The molecular formula is C20H25N3O4. The predicted molar refractivity (Wildman–Crippen MR) is 103 cm³/mol. The highest BCUT2D eigenvalue weighted by Crippen LogP contribution is 2.31. The van der Waals surface area contributed by atoms with Crippen LogP contribution in [0.3, 0.4) is 0 Å². The number of methoxy groups -OCH3 is 1. The monoisotopic (exact) mass is 371 g/mol. The molecule has 27 heavy (non-hydrogen) atoms. The van der Waals surface area contributed by atoms with Crippen molar-refractivity contribution in [3.63, 3.8) is 0 Å². The summed E-state index contributed by atoms with van der Waals surface area (Å²) in [6, 6.07) is 6.73. The zero-order valence-corrected chi connectivity index (χ0v) is 15.4. The topological polar surface area (TPSA) is 107 Å². The average molecular weight is 371 g/mol. The van der Waals surface area contributed by atoms with Gasteiger partial charge in [0.25, 0.3) is 5.91 Å². The maximum Gasteiger partial charge on any atom is 0.258 e. The quantitative estimate of drug-likeness (QED) is 0.720. The van der Waals surface area contributed by atoms with E-state index in [9.17, 15) is 9.59 Å². The number of anilines is 2. The molecule has 7 heteroatoms. The molecule has 0 spiro atoms. The van der Waals surface area contributed by atoms with Crippen LogP contribution in [-0.4, -0.2) is 18.9 Å². The third-order valence-corrected chi connectivity index (χ3v) is 4.81. The van der Waals surface area contributed by atoms with Gasteiger partial charge in [0.05, 0.1) is 24.9 Å². The van der Waals surface area contributed by atoms with Gasteiger partial charge in [0.2, 0.25) is 5.91 Å². The van der Waals surface area contributed by atoms with E-state index in [0.717, 1.165) is 25.7 Å². The smallest absolute Gasteiger partial charge is 0.258 e. The highest BCUT2D eigenvalue weighted by molar-refractivity contribution is 6.04. The van der Waals surface area contributed by atoms with Gasteiger partial charge in [-0.25, -0.2) is 0 Å². The first-order valence-electron chi connectivity index (χ1n) is 9.18. The van der Waals surface area contributed by atoms with Crippen LogP contribution in [0.4, 0.5) is 11.4 Å². The standard InChI is InChI=1S/C20H25N3O4/c1-26-18-8-7-15(22-20(25)14-9-16(11-21)27-12-14)10-17(18)23-19(24)13-5-3-2-4-6-13/h7-10,12-13H,2-6,11,21H2,1H3,(H,22,25)(H,23,24). The number of nitrogens with one attached hydrogen (secondary N) is 2. The summed E-state index contributed by atoms with van der Waals surface area (Å²) in [6.07, 6.45) is 6.55. The molecule has 0 unspecified atom stereocenters. The molecule has 1 aromatic carbocycles. The lowest BCUT2D eigenvalue weighted by molar-refractivity contribution is -0.120. The molecule has 0 radical (unpaired) electrons. The van der Waals surface area contributed by atoms with Gasteiger partial charge in [0.15, 0.2) is 0 Å². The Morgan fingerprint density at radius 2 is 1.96 bits per heavy atom. The van der Waals surface area contributed by atoms with E-state index >= 15 is 0 Å². The Morgan fingerprint density at radius 3 is 2.63 bits per heavy atom. The average Bonchev–Trinajstić information content (AvgIpc) is 3.18. The van der Waals surface area contributed by atoms with E-state index in [2.05, 4.69) is 10.6 Å². The minimum absolute atomic E-state index is 0.00102. The molecule has 7 nitrogen and oxygen atoms in total. The van der Waals surface area contributed by atoms with Gasteiger partial charge >= 0.3 is 0 Å². The van der Waals surface area contributed by atoms with E-state index in [1.54, 1.807) is 31.4 Å². The van der Waals surface area contributed by atoms with Gasteiger partial charge in [0, 0.05) is 11.6 Å². The predicted octanol–water partition coefficient (Wildman–Crippen LogP) is 3.52. The van der Waals surface area contributed by atoms with Crippen LogP contribution in [-0.2, 0) is 11.3 Å². The molecule has 1 saturated carbocycles. The Morgan fingerprint density at radius 1 is 1.19 bits per heavy atom. The summed E-state index contributed by atoms with van der Waals surface area (Å²) in [5.41, 5.74) is 6.98. The number of benzene rings is 1. The zero-order valence-electron chi connectivity index (χ0n) is 15.4. The Balaban J connectivity index is 1.72. The fourth-order valence-electron chi connectivity index (χ4n) is 3.29. The van der Waals surface area contributed by atoms with Crippen molar-refractivity contribution in [2.75, 3.05) is 17.7 Å². The Kier molecular flexibility index (Phi) is 6.13. The lowest BCUT2D eigenvalue weighted by Crippen LogP contribution is -2.25. The summed E-state index contributed by atoms with van der Waals surface area (Å²) < 4.78 is 10.5. The molecule has 1 heterocycles. The van der Waals surface area contributed by atoms with Gasteiger partial charge in [-0.3, -0.25) is 9.59 Å². The van der Waals surface area contributed by atoms with Gasteiger partial charge in [0.1, 0.15) is 17.8 Å². The number of hydrogen-bond donors (Lipinski definition) is 3. The minimum atomic E-state index is -0.312. The van der Waals surface area contributed by atoms with E-state index in [0.29, 0.717) is 28.4 Å². The fourth-order valence-corrected chi connectivity index (χ4v) is 3.29. The first-order chi connectivity index (χ1) is 13.1. The molecule has 144 valence electrons. The molecule has 0 bridgehead atoms. The van der Waals surface area contributed by atoms with Crippen LogP contribution in [0, 0.1) is 5.92 Å². The summed E-state index contributed by atoms with van der Waals surface area (Å²) in [7, 11) is 1.55. The van der Waals surface area contributed by atoms with E-state index in [1.807, 2.05) is 0 Å². The molecule has 1 fully saturated rings. The van der Waals surface area contributed by atoms with Crippen molar-refractivity contribution in [1.29, 1.82) is 0 Å². The molecule has 0 atom stereocenters. The van der Waals surface area contributed by atoms with Gasteiger partial charge in [-0.05, 0) is 37.1 Å². The number of carbonyl (C=O) groups is 2. The normalized spacial score (nSPS) is 14.6. The van der Waals surface area contributed by atoms with Crippen LogP contribution in [0.2, 0.25) is 0 Å². The maximum atomic E-state index is 12.5.